The van der Waals surface area contributed by atoms with Gasteiger partial charge in [-0.15, -0.1) is 0 Å². The molecule has 0 aliphatic carbocycles. The zero-order valence-corrected chi connectivity index (χ0v) is 11.6. The second-order valence-corrected chi connectivity index (χ2v) is 7.03. The highest BCUT2D eigenvalue weighted by Gasteiger charge is 2.29. The minimum absolute atomic E-state index is 0.00919. The van der Waals surface area contributed by atoms with E-state index < -0.39 is 15.7 Å². The minimum atomic E-state index is -3.01. The molecule has 0 bridgehead atoms. The first kappa shape index (κ1) is 14.4. The van der Waals surface area contributed by atoms with Gasteiger partial charge in [-0.3, -0.25) is 9.59 Å². The summed E-state index contributed by atoms with van der Waals surface area (Å²) in [6.07, 6.45) is 3.56. The number of primary amides is 1. The molecule has 2 amide bonds. The first-order chi connectivity index (χ1) is 9.35. The second kappa shape index (κ2) is 5.58. The fourth-order valence-corrected chi connectivity index (χ4v) is 3.79. The van der Waals surface area contributed by atoms with Gasteiger partial charge in [0.05, 0.1) is 11.5 Å². The molecule has 20 heavy (non-hydrogen) atoms. The Balaban J connectivity index is 1.95. The molecular formula is C12H16N3O4S+. The maximum atomic E-state index is 11.8. The van der Waals surface area contributed by atoms with Crippen LogP contribution in [0.25, 0.3) is 0 Å². The number of carbonyl (C=O) groups excluding carboxylic acids is 2. The lowest BCUT2D eigenvalue weighted by Gasteiger charge is -2.08. The maximum absolute atomic E-state index is 11.8. The van der Waals surface area contributed by atoms with Crippen molar-refractivity contribution in [3.8, 4) is 0 Å². The largest absolute Gasteiger partial charge is 0.365 e. The Morgan fingerprint density at radius 1 is 1.45 bits per heavy atom. The van der Waals surface area contributed by atoms with E-state index >= 15 is 0 Å². The highest BCUT2D eigenvalue weighted by molar-refractivity contribution is 7.91. The van der Waals surface area contributed by atoms with E-state index in [1.165, 1.54) is 10.8 Å². The predicted molar refractivity (Wildman–Crippen MR) is 70.4 cm³/mol. The van der Waals surface area contributed by atoms with Gasteiger partial charge in [0.15, 0.2) is 22.2 Å². The van der Waals surface area contributed by atoms with Crippen molar-refractivity contribution in [2.24, 2.45) is 5.73 Å². The SMILES string of the molecule is NC(=O)c1ccc[n+](CC(=O)N[C@@H]2CCS(=O)(=O)C2)c1. The van der Waals surface area contributed by atoms with E-state index in [-0.39, 0.29) is 30.0 Å². The van der Waals surface area contributed by atoms with E-state index in [1.54, 1.807) is 18.3 Å². The second-order valence-electron chi connectivity index (χ2n) is 4.80. The van der Waals surface area contributed by atoms with E-state index in [2.05, 4.69) is 5.32 Å². The summed E-state index contributed by atoms with van der Waals surface area (Å²) in [4.78, 5) is 22.8. The fraction of sp³-hybridized carbons (Fsp3) is 0.417. The molecule has 0 radical (unpaired) electrons. The van der Waals surface area contributed by atoms with Crippen LogP contribution in [0.1, 0.15) is 16.8 Å². The van der Waals surface area contributed by atoms with Crippen molar-refractivity contribution < 1.29 is 22.6 Å². The third-order valence-corrected chi connectivity index (χ3v) is 4.83. The number of hydrogen-bond acceptors (Lipinski definition) is 4. The Hall–Kier alpha value is -1.96. The molecule has 1 aliphatic rings. The summed E-state index contributed by atoms with van der Waals surface area (Å²) in [6.45, 7) is 0.0116. The van der Waals surface area contributed by atoms with Gasteiger partial charge in [0.2, 0.25) is 6.54 Å². The van der Waals surface area contributed by atoms with Gasteiger partial charge in [0.1, 0.15) is 5.56 Å². The summed E-state index contributed by atoms with van der Waals surface area (Å²) in [5.41, 5.74) is 5.46. The standard InChI is InChI=1S/C12H15N3O4S/c13-12(17)9-2-1-4-15(6-9)7-11(16)14-10-3-5-20(18,19)8-10/h1-2,4,6,10H,3,5,7-8H2,(H2-,13,14,16,17)/p+1/t10-/m1/s1. The number of amides is 2. The average molecular weight is 298 g/mol. The van der Waals surface area contributed by atoms with Gasteiger partial charge in [-0.1, -0.05) is 0 Å². The lowest BCUT2D eigenvalue weighted by molar-refractivity contribution is -0.684. The number of aromatic nitrogens is 1. The van der Waals surface area contributed by atoms with Gasteiger partial charge in [0, 0.05) is 12.1 Å². The lowest BCUT2D eigenvalue weighted by atomic mass is 10.2. The first-order valence-electron chi connectivity index (χ1n) is 6.14. The van der Waals surface area contributed by atoms with E-state index in [9.17, 15) is 18.0 Å². The van der Waals surface area contributed by atoms with Crippen LogP contribution in [0.2, 0.25) is 0 Å². The van der Waals surface area contributed by atoms with Gasteiger partial charge in [-0.2, -0.15) is 4.57 Å². The van der Waals surface area contributed by atoms with Crippen molar-refractivity contribution in [2.45, 2.75) is 19.0 Å². The summed E-state index contributed by atoms with van der Waals surface area (Å²) in [7, 11) is -3.01. The molecule has 2 rings (SSSR count). The van der Waals surface area contributed by atoms with Crippen molar-refractivity contribution >= 4 is 21.7 Å². The van der Waals surface area contributed by atoms with Gasteiger partial charge in [-0.25, -0.2) is 8.42 Å². The highest BCUT2D eigenvalue weighted by Crippen LogP contribution is 2.10. The highest BCUT2D eigenvalue weighted by atomic mass is 32.2. The van der Waals surface area contributed by atoms with E-state index in [0.29, 0.717) is 12.0 Å². The fourth-order valence-electron chi connectivity index (χ4n) is 2.11. The Bertz CT molecular complexity index is 642. The molecule has 1 fully saturated rings. The van der Waals surface area contributed by atoms with Crippen LogP contribution in [0.5, 0.6) is 0 Å². The molecule has 1 saturated heterocycles. The molecule has 1 aromatic rings. The van der Waals surface area contributed by atoms with Gasteiger partial charge in [0.25, 0.3) is 11.8 Å². The number of nitrogens with zero attached hydrogens (tertiary/aromatic N) is 1. The van der Waals surface area contributed by atoms with Crippen LogP contribution >= 0.6 is 0 Å². The van der Waals surface area contributed by atoms with Crippen molar-refractivity contribution in [2.75, 3.05) is 11.5 Å². The minimum Gasteiger partial charge on any atom is -0.365 e. The van der Waals surface area contributed by atoms with Crippen molar-refractivity contribution in [1.82, 2.24) is 5.32 Å². The molecule has 8 heteroatoms. The first-order valence-corrected chi connectivity index (χ1v) is 7.96. The number of nitrogens with two attached hydrogens (primary N) is 1. The van der Waals surface area contributed by atoms with Crippen molar-refractivity contribution in [3.05, 3.63) is 30.1 Å². The summed E-state index contributed by atoms with van der Waals surface area (Å²) in [5, 5.41) is 2.68. The lowest BCUT2D eigenvalue weighted by Crippen LogP contribution is -2.46. The molecule has 0 saturated carbocycles. The third-order valence-electron chi connectivity index (χ3n) is 3.07. The molecule has 108 valence electrons. The summed E-state index contributed by atoms with van der Waals surface area (Å²) < 4.78 is 24.1. The topological polar surface area (TPSA) is 110 Å². The number of nitrogens with one attached hydrogen (secondary N) is 1. The third kappa shape index (κ3) is 3.77. The van der Waals surface area contributed by atoms with Crippen LogP contribution in [0.4, 0.5) is 0 Å². The Morgan fingerprint density at radius 2 is 2.20 bits per heavy atom. The van der Waals surface area contributed by atoms with Crippen molar-refractivity contribution in [1.29, 1.82) is 0 Å². The number of rotatable bonds is 4. The predicted octanol–water partition coefficient (Wildman–Crippen LogP) is -1.62. The summed E-state index contributed by atoms with van der Waals surface area (Å²) in [6, 6.07) is 2.85. The van der Waals surface area contributed by atoms with Crippen LogP contribution in [0.3, 0.4) is 0 Å². The Morgan fingerprint density at radius 3 is 2.80 bits per heavy atom. The van der Waals surface area contributed by atoms with Crippen LogP contribution in [0.15, 0.2) is 24.5 Å². The van der Waals surface area contributed by atoms with Crippen LogP contribution in [0, 0.1) is 0 Å². The quantitative estimate of drug-likeness (QED) is 0.651. The molecule has 1 atom stereocenters. The number of hydrogen-bond donors (Lipinski definition) is 2. The average Bonchev–Trinajstić information content (AvgIpc) is 2.68. The Labute approximate surface area is 116 Å². The van der Waals surface area contributed by atoms with Gasteiger partial charge in [-0.05, 0) is 12.5 Å². The van der Waals surface area contributed by atoms with Gasteiger partial charge >= 0.3 is 0 Å². The smallest absolute Gasteiger partial charge is 0.286 e. The molecular weight excluding hydrogens is 282 g/mol. The molecule has 0 aromatic carbocycles. The van der Waals surface area contributed by atoms with E-state index in [4.69, 9.17) is 5.73 Å². The summed E-state index contributed by atoms with van der Waals surface area (Å²) >= 11 is 0. The van der Waals surface area contributed by atoms with Crippen molar-refractivity contribution in [3.63, 3.8) is 0 Å². The number of carbonyl (C=O) groups is 2. The number of sulfone groups is 1. The van der Waals surface area contributed by atoms with Crippen LogP contribution < -0.4 is 15.6 Å². The zero-order valence-electron chi connectivity index (χ0n) is 10.8. The van der Waals surface area contributed by atoms with Crippen LogP contribution in [-0.2, 0) is 21.2 Å². The normalized spacial score (nSPS) is 20.5. The van der Waals surface area contributed by atoms with Crippen LogP contribution in [-0.4, -0.2) is 37.8 Å². The molecule has 0 spiro atoms. The van der Waals surface area contributed by atoms with E-state index in [0.717, 1.165) is 0 Å². The molecule has 0 unspecified atom stereocenters. The zero-order chi connectivity index (χ0) is 14.8. The monoisotopic (exact) mass is 298 g/mol. The molecule has 1 aromatic heterocycles. The van der Waals surface area contributed by atoms with Gasteiger partial charge < -0.3 is 11.1 Å². The summed E-state index contributed by atoms with van der Waals surface area (Å²) in [5.74, 6) is -0.757. The molecule has 2 heterocycles. The Kier molecular flexibility index (Phi) is 4.03. The molecule has 1 aliphatic heterocycles. The maximum Gasteiger partial charge on any atom is 0.286 e. The number of pyridine rings is 1. The molecule has 3 N–H and O–H groups in total. The van der Waals surface area contributed by atoms with E-state index in [1.807, 2.05) is 0 Å². The molecule has 7 nitrogen and oxygen atoms in total.